The van der Waals surface area contributed by atoms with Crippen LogP contribution in [0.4, 0.5) is 31.4 Å². The van der Waals surface area contributed by atoms with Crippen molar-refractivity contribution in [2.75, 3.05) is 41.4 Å². The van der Waals surface area contributed by atoms with Gasteiger partial charge in [-0.15, -0.1) is 0 Å². The van der Waals surface area contributed by atoms with Crippen molar-refractivity contribution in [3.05, 3.63) is 189 Å². The largest absolute Gasteiger partial charge is 0.497 e. The molecule has 6 aliphatic heterocycles. The van der Waals surface area contributed by atoms with Gasteiger partial charge in [-0.25, -0.2) is 29.1 Å². The number of nitrogens with zero attached hydrogens (tertiary/aromatic N) is 6. The topological polar surface area (TPSA) is 219 Å². The van der Waals surface area contributed by atoms with Gasteiger partial charge in [-0.05, 0) is 132 Å². The van der Waals surface area contributed by atoms with Gasteiger partial charge in [-0.3, -0.25) is 14.4 Å². The van der Waals surface area contributed by atoms with Gasteiger partial charge in [0.05, 0.1) is 59.0 Å². The summed E-state index contributed by atoms with van der Waals surface area (Å²) in [7, 11) is 1.52. The molecule has 3 fully saturated rings. The van der Waals surface area contributed by atoms with Crippen LogP contribution in [0, 0.1) is 34.6 Å². The molecule has 0 spiro atoms. The van der Waals surface area contributed by atoms with Crippen molar-refractivity contribution in [3.8, 4) is 5.75 Å². The van der Waals surface area contributed by atoms with Gasteiger partial charge in [0.25, 0.3) is 17.7 Å². The monoisotopic (exact) mass is 1160 g/mol. The van der Waals surface area contributed by atoms with Crippen LogP contribution in [0.5, 0.6) is 5.75 Å². The van der Waals surface area contributed by atoms with Gasteiger partial charge in [0.1, 0.15) is 25.6 Å². The highest BCUT2D eigenvalue weighted by molar-refractivity contribution is 6.07. The van der Waals surface area contributed by atoms with Gasteiger partial charge in [-0.2, -0.15) is 0 Å². The Morgan fingerprint density at radius 1 is 0.447 bits per heavy atom. The van der Waals surface area contributed by atoms with Crippen LogP contribution in [0.15, 0.2) is 127 Å². The number of fused-ring (bicyclic) bond motifs is 6. The molecule has 444 valence electrons. The van der Waals surface area contributed by atoms with Crippen molar-refractivity contribution < 1.29 is 63.0 Å². The molecule has 0 unspecified atom stereocenters. The molecule has 85 heavy (non-hydrogen) atoms. The van der Waals surface area contributed by atoms with Gasteiger partial charge in [0.15, 0.2) is 18.7 Å². The lowest BCUT2D eigenvalue weighted by Gasteiger charge is -2.31. The minimum Gasteiger partial charge on any atom is -0.497 e. The Bertz CT molecular complexity index is 3470. The van der Waals surface area contributed by atoms with Crippen molar-refractivity contribution in [2.45, 2.75) is 130 Å². The fraction of sp³-hybridized carbons (Fsp3) is 0.364. The smallest absolute Gasteiger partial charge is 0.416 e. The van der Waals surface area contributed by atoms with Crippen molar-refractivity contribution in [1.29, 1.82) is 0 Å². The second-order valence-corrected chi connectivity index (χ2v) is 22.5. The second-order valence-electron chi connectivity index (χ2n) is 22.5. The van der Waals surface area contributed by atoms with Crippen molar-refractivity contribution in [3.63, 3.8) is 0 Å². The average Bonchev–Trinajstić information content (AvgIpc) is 2.08. The number of hydrogen-bond acceptors (Lipinski definition) is 13. The molecular weight excluding hydrogens is 1080 g/mol. The lowest BCUT2D eigenvalue weighted by Crippen LogP contribution is -2.50. The van der Waals surface area contributed by atoms with Crippen LogP contribution in [-0.4, -0.2) is 130 Å². The number of carbonyl (C=O) groups is 6. The van der Waals surface area contributed by atoms with Crippen LogP contribution in [0.3, 0.4) is 0 Å². The molecule has 6 atom stereocenters. The van der Waals surface area contributed by atoms with Crippen LogP contribution >= 0.6 is 0 Å². The average molecular weight is 1160 g/mol. The summed E-state index contributed by atoms with van der Waals surface area (Å²) >= 11 is 0. The number of aliphatic hydroxyl groups excluding tert-OH is 3. The molecule has 19 nitrogen and oxygen atoms in total. The first-order valence-electron chi connectivity index (χ1n) is 28.8. The molecule has 0 saturated carbocycles. The minimum atomic E-state index is -1.18. The van der Waals surface area contributed by atoms with Crippen LogP contribution in [0.1, 0.15) is 114 Å². The van der Waals surface area contributed by atoms with Crippen LogP contribution in [-0.2, 0) is 34.0 Å². The summed E-state index contributed by atoms with van der Waals surface area (Å²) in [5, 5.41) is 33.0. The number of ether oxygens (including phenoxy) is 4. The third-order valence-corrected chi connectivity index (χ3v) is 16.6. The molecule has 0 aromatic heterocycles. The predicted molar refractivity (Wildman–Crippen MR) is 317 cm³/mol. The Morgan fingerprint density at radius 2 is 0.812 bits per heavy atom. The number of methoxy groups -OCH3 is 1. The number of anilines is 3. The number of carbonyl (C=O) groups excluding carboxylic acids is 6. The normalized spacial score (nSPS) is 21.0. The lowest BCUT2D eigenvalue weighted by atomic mass is 10.0. The number of rotatable bonds is 7. The fourth-order valence-electron chi connectivity index (χ4n) is 12.0. The molecule has 6 heterocycles. The van der Waals surface area contributed by atoms with Crippen LogP contribution in [0.2, 0.25) is 0 Å². The Kier molecular flexibility index (Phi) is 17.9. The molecule has 3 N–H and O–H groups in total. The van der Waals surface area contributed by atoms with E-state index in [9.17, 15) is 44.1 Å². The summed E-state index contributed by atoms with van der Waals surface area (Å²) < 4.78 is 21.8. The highest BCUT2D eigenvalue weighted by atomic mass is 16.6. The van der Waals surface area contributed by atoms with Gasteiger partial charge in [0.2, 0.25) is 0 Å². The minimum absolute atomic E-state index is 0.0795. The van der Waals surface area contributed by atoms with E-state index in [0.29, 0.717) is 78.4 Å². The van der Waals surface area contributed by atoms with Crippen molar-refractivity contribution in [1.82, 2.24) is 14.7 Å². The molecule has 0 aliphatic carbocycles. The van der Waals surface area contributed by atoms with Crippen LogP contribution in [0.25, 0.3) is 0 Å². The maximum Gasteiger partial charge on any atom is 0.416 e. The highest BCUT2D eigenvalue weighted by Crippen LogP contribution is 2.40. The molecule has 0 radical (unpaired) electrons. The Morgan fingerprint density at radius 3 is 1.22 bits per heavy atom. The molecule has 3 saturated heterocycles. The Balaban J connectivity index is 0.000000142. The van der Waals surface area contributed by atoms with Crippen LogP contribution < -0.4 is 19.4 Å². The Labute approximate surface area is 494 Å². The zero-order valence-electron chi connectivity index (χ0n) is 48.7. The van der Waals surface area contributed by atoms with Gasteiger partial charge in [-0.1, -0.05) is 113 Å². The first-order valence-corrected chi connectivity index (χ1v) is 28.8. The fourth-order valence-corrected chi connectivity index (χ4v) is 12.0. The zero-order chi connectivity index (χ0) is 60.2. The first-order chi connectivity index (χ1) is 40.9. The maximum absolute atomic E-state index is 13.1. The van der Waals surface area contributed by atoms with E-state index < -0.39 is 55.1 Å². The van der Waals surface area contributed by atoms with Gasteiger partial charge in [0, 0.05) is 19.6 Å². The van der Waals surface area contributed by atoms with E-state index in [-0.39, 0.29) is 37.5 Å². The van der Waals surface area contributed by atoms with E-state index in [4.69, 9.17) is 18.9 Å². The zero-order valence-corrected chi connectivity index (χ0v) is 48.7. The highest BCUT2D eigenvalue weighted by Gasteiger charge is 2.48. The van der Waals surface area contributed by atoms with E-state index in [0.717, 1.165) is 63.8 Å². The number of amides is 6. The number of aryl methyl sites for hydroxylation is 5. The van der Waals surface area contributed by atoms with E-state index in [2.05, 4.69) is 0 Å². The molecule has 19 heteroatoms. The number of hydrogen-bond donors (Lipinski definition) is 3. The van der Waals surface area contributed by atoms with Gasteiger partial charge >= 0.3 is 18.3 Å². The number of benzene rings is 6. The van der Waals surface area contributed by atoms with E-state index in [1.807, 2.05) is 120 Å². The molecular formula is C66H72N6O13. The summed E-state index contributed by atoms with van der Waals surface area (Å²) in [6.45, 7) is 11.7. The van der Waals surface area contributed by atoms with Crippen molar-refractivity contribution >= 4 is 53.1 Å². The maximum atomic E-state index is 13.1. The summed E-state index contributed by atoms with van der Waals surface area (Å²) in [4.78, 5) is 86.8. The van der Waals surface area contributed by atoms with E-state index in [1.165, 1.54) is 21.8 Å². The standard InChI is InChI=1S/C22H24N2O5.2C22H24N2O4/c1-14-5-7-15(8-6-14)13-29-22(27)24-18-10-9-16(28-2)12-17(18)20(25)23-11-3-4-19(23)21(24)26;1-14-8-10-16(11-9-14)13-28-22(27)24-17-6-3-5-15(2)19(17)21(26)23-12-4-7-18(23)20(24)25;1-14-5-8-16(9-6-14)13-28-22(27)24-18-10-7-15(2)12-17(18)20(25)23-11-3-4-19(23)21(24)26/h5-10,12,19,21,26H,3-4,11,13H2,1-2H3;3,5-6,8-11,18,20,25H,4,7,12-13H2,1-2H3;5-10,12,19,21,26H,3-4,11,13H2,1-2H3/t19-,21-;18-,20-;19-,21-/m000/s1. The molecule has 6 aromatic rings. The molecule has 6 amide bonds. The molecule has 0 bridgehead atoms. The SMILES string of the molecule is COc1ccc2c(c1)C(=O)N1CCC[C@H]1[C@H](O)N2C(=O)OCc1ccc(C)cc1.Cc1ccc(COC(=O)N2c3ccc(C)cc3C(=O)N3CCC[C@H]3[C@@H]2O)cc1.Cc1ccc(COC(=O)N2c3cccc(C)c3C(=O)N3CCC[C@H]3[C@@H]2O)cc1. The quantitative estimate of drug-likeness (QED) is 0.127. The Hall–Kier alpha value is -8.78. The lowest BCUT2D eigenvalue weighted by molar-refractivity contribution is 0.0484. The summed E-state index contributed by atoms with van der Waals surface area (Å²) in [5.74, 6) is 0.0177. The summed E-state index contributed by atoms with van der Waals surface area (Å²) in [6.07, 6.45) is -1.13. The van der Waals surface area contributed by atoms with Gasteiger partial charge < -0.3 is 49.0 Å². The first kappa shape index (κ1) is 59.4. The molecule has 12 rings (SSSR count). The third kappa shape index (κ3) is 12.4. The van der Waals surface area contributed by atoms with E-state index in [1.54, 1.807) is 57.2 Å². The second kappa shape index (κ2) is 25.6. The predicted octanol–water partition coefficient (Wildman–Crippen LogP) is 9.85. The molecule has 6 aromatic carbocycles. The third-order valence-electron chi connectivity index (χ3n) is 16.6. The number of aliphatic hydroxyl groups is 3. The summed E-state index contributed by atoms with van der Waals surface area (Å²) in [5.41, 5.74) is 9.98. The van der Waals surface area contributed by atoms with E-state index >= 15 is 0 Å². The molecule has 6 aliphatic rings. The van der Waals surface area contributed by atoms with Crippen molar-refractivity contribution in [2.24, 2.45) is 0 Å². The summed E-state index contributed by atoms with van der Waals surface area (Å²) in [6, 6.07) is 37.3.